The van der Waals surface area contributed by atoms with Crippen LogP contribution < -0.4 is 0 Å². The van der Waals surface area contributed by atoms with Crippen LogP contribution in [0.25, 0.3) is 0 Å². The number of halogens is 1. The highest BCUT2D eigenvalue weighted by molar-refractivity contribution is 9.10. The van der Waals surface area contributed by atoms with Gasteiger partial charge in [0.2, 0.25) is 0 Å². The minimum atomic E-state index is -0.102. The third kappa shape index (κ3) is 2.15. The Morgan fingerprint density at radius 1 is 1.43 bits per heavy atom. The lowest BCUT2D eigenvalue weighted by Gasteiger charge is -2.09. The molecule has 0 amide bonds. The molecule has 76 valence electrons. The van der Waals surface area contributed by atoms with Gasteiger partial charge < -0.3 is 5.11 Å². The third-order valence-corrected chi connectivity index (χ3v) is 2.60. The number of Topliss-reactive ketones (excluding diaryl/α,β-unsaturated/α-hetero) is 1. The van der Waals surface area contributed by atoms with Gasteiger partial charge >= 0.3 is 0 Å². The molecule has 0 fully saturated rings. The fourth-order valence-electron chi connectivity index (χ4n) is 1.23. The molecule has 0 saturated carbocycles. The van der Waals surface area contributed by atoms with Crippen LogP contribution in [0.1, 0.15) is 29.8 Å². The number of phenols is 1. The summed E-state index contributed by atoms with van der Waals surface area (Å²) < 4.78 is 0.571. The van der Waals surface area contributed by atoms with E-state index < -0.39 is 0 Å². The maximum atomic E-state index is 11.7. The van der Waals surface area contributed by atoms with E-state index in [0.717, 1.165) is 5.56 Å². The zero-order valence-corrected chi connectivity index (χ0v) is 10.1. The van der Waals surface area contributed by atoms with Crippen LogP contribution in [-0.2, 0) is 0 Å². The van der Waals surface area contributed by atoms with Gasteiger partial charge in [-0.25, -0.2) is 0 Å². The molecule has 1 rings (SSSR count). The lowest BCUT2D eigenvalue weighted by molar-refractivity contribution is 0.0936. The van der Waals surface area contributed by atoms with Gasteiger partial charge in [0.15, 0.2) is 5.78 Å². The average molecular weight is 257 g/mol. The molecule has 0 heterocycles. The number of carbonyl (C=O) groups excluding carboxylic acids is 1. The van der Waals surface area contributed by atoms with E-state index in [2.05, 4.69) is 15.9 Å². The van der Waals surface area contributed by atoms with Crippen molar-refractivity contribution in [1.29, 1.82) is 0 Å². The molecule has 2 nitrogen and oxygen atoms in total. The van der Waals surface area contributed by atoms with E-state index in [4.69, 9.17) is 0 Å². The first kappa shape index (κ1) is 11.2. The summed E-state index contributed by atoms with van der Waals surface area (Å²) in [5.41, 5.74) is 1.35. The summed E-state index contributed by atoms with van der Waals surface area (Å²) in [6.45, 7) is 5.53. The van der Waals surface area contributed by atoms with Gasteiger partial charge in [-0.1, -0.05) is 13.8 Å². The van der Waals surface area contributed by atoms with Crippen molar-refractivity contribution in [3.8, 4) is 5.75 Å². The van der Waals surface area contributed by atoms with E-state index >= 15 is 0 Å². The van der Waals surface area contributed by atoms with Crippen molar-refractivity contribution < 1.29 is 9.90 Å². The largest absolute Gasteiger partial charge is 0.506 e. The van der Waals surface area contributed by atoms with Gasteiger partial charge in [0, 0.05) is 5.92 Å². The summed E-state index contributed by atoms with van der Waals surface area (Å²) in [6.07, 6.45) is 0. The van der Waals surface area contributed by atoms with Gasteiger partial charge in [0.25, 0.3) is 0 Å². The molecule has 0 unspecified atom stereocenters. The number of benzene rings is 1. The highest BCUT2D eigenvalue weighted by Gasteiger charge is 2.16. The fourth-order valence-corrected chi connectivity index (χ4v) is 1.81. The van der Waals surface area contributed by atoms with Crippen LogP contribution >= 0.6 is 15.9 Å². The third-order valence-electron chi connectivity index (χ3n) is 2.00. The van der Waals surface area contributed by atoms with Gasteiger partial charge in [-0.05, 0) is 40.5 Å². The first-order valence-electron chi connectivity index (χ1n) is 4.46. The second kappa shape index (κ2) is 4.13. The predicted molar refractivity (Wildman–Crippen MR) is 59.7 cm³/mol. The monoisotopic (exact) mass is 256 g/mol. The number of hydrogen-bond donors (Lipinski definition) is 1. The summed E-state index contributed by atoms with van der Waals surface area (Å²) >= 11 is 3.21. The van der Waals surface area contributed by atoms with E-state index in [1.807, 2.05) is 20.8 Å². The zero-order valence-electron chi connectivity index (χ0n) is 8.47. The van der Waals surface area contributed by atoms with Crippen molar-refractivity contribution in [3.63, 3.8) is 0 Å². The summed E-state index contributed by atoms with van der Waals surface area (Å²) in [6, 6.07) is 3.49. The number of rotatable bonds is 2. The first-order chi connectivity index (χ1) is 6.43. The highest BCUT2D eigenvalue weighted by Crippen LogP contribution is 2.30. The van der Waals surface area contributed by atoms with Crippen molar-refractivity contribution in [2.75, 3.05) is 0 Å². The topological polar surface area (TPSA) is 37.3 Å². The summed E-state index contributed by atoms with van der Waals surface area (Å²) in [5, 5.41) is 9.67. The van der Waals surface area contributed by atoms with Crippen LogP contribution in [0.15, 0.2) is 16.6 Å². The molecule has 0 radical (unpaired) electrons. The summed E-state index contributed by atoms with van der Waals surface area (Å²) in [5.74, 6) is -0.101. The minimum absolute atomic E-state index is 0.0353. The van der Waals surface area contributed by atoms with Gasteiger partial charge in [0.05, 0.1) is 10.0 Å². The quantitative estimate of drug-likeness (QED) is 0.825. The molecule has 1 aromatic rings. The molecule has 1 N–H and O–H groups in total. The van der Waals surface area contributed by atoms with Crippen LogP contribution in [0.4, 0.5) is 0 Å². The highest BCUT2D eigenvalue weighted by atomic mass is 79.9. The molecule has 0 aliphatic carbocycles. The number of aromatic hydroxyl groups is 1. The number of carbonyl (C=O) groups is 1. The van der Waals surface area contributed by atoms with Gasteiger partial charge in [-0.3, -0.25) is 4.79 Å². The molecule has 0 aliphatic heterocycles. The molecule has 0 spiro atoms. The lowest BCUT2D eigenvalue weighted by Crippen LogP contribution is -2.08. The molecule has 0 saturated heterocycles. The number of aryl methyl sites for hydroxylation is 1. The van der Waals surface area contributed by atoms with Gasteiger partial charge in [0.1, 0.15) is 5.75 Å². The Labute approximate surface area is 92.1 Å². The molecule has 1 aromatic carbocycles. The average Bonchev–Trinajstić information content (AvgIpc) is 2.09. The van der Waals surface area contributed by atoms with Crippen molar-refractivity contribution in [2.24, 2.45) is 5.92 Å². The fraction of sp³-hybridized carbons (Fsp3) is 0.364. The Hall–Kier alpha value is -0.830. The Morgan fingerprint density at radius 2 is 2.00 bits per heavy atom. The van der Waals surface area contributed by atoms with Crippen molar-refractivity contribution in [1.82, 2.24) is 0 Å². The summed E-state index contributed by atoms with van der Waals surface area (Å²) in [7, 11) is 0. The summed E-state index contributed by atoms with van der Waals surface area (Å²) in [4.78, 5) is 11.7. The number of phenolic OH excluding ortho intramolecular Hbond substituents is 1. The zero-order chi connectivity index (χ0) is 10.9. The van der Waals surface area contributed by atoms with Crippen LogP contribution in [0.3, 0.4) is 0 Å². The second-order valence-electron chi connectivity index (χ2n) is 3.66. The van der Waals surface area contributed by atoms with Crippen LogP contribution in [0.2, 0.25) is 0 Å². The van der Waals surface area contributed by atoms with E-state index in [1.54, 1.807) is 12.1 Å². The first-order valence-corrected chi connectivity index (χ1v) is 5.26. The Kier molecular flexibility index (Phi) is 3.32. The predicted octanol–water partition coefficient (Wildman–Crippen LogP) is 3.30. The molecule has 0 atom stereocenters. The smallest absolute Gasteiger partial charge is 0.169 e. The Morgan fingerprint density at radius 3 is 2.50 bits per heavy atom. The van der Waals surface area contributed by atoms with Crippen LogP contribution in [-0.4, -0.2) is 10.9 Å². The van der Waals surface area contributed by atoms with E-state index in [-0.39, 0.29) is 17.5 Å². The molecule has 3 heteroatoms. The normalized spacial score (nSPS) is 10.6. The molecule has 0 bridgehead atoms. The maximum absolute atomic E-state index is 11.7. The number of hydrogen-bond acceptors (Lipinski definition) is 2. The second-order valence-corrected chi connectivity index (χ2v) is 4.52. The van der Waals surface area contributed by atoms with Crippen LogP contribution in [0, 0.1) is 12.8 Å². The van der Waals surface area contributed by atoms with Crippen molar-refractivity contribution in [2.45, 2.75) is 20.8 Å². The molecule has 0 aromatic heterocycles. The molecular weight excluding hydrogens is 244 g/mol. The Bertz CT molecular complexity index is 370. The van der Waals surface area contributed by atoms with E-state index in [1.165, 1.54) is 0 Å². The van der Waals surface area contributed by atoms with Crippen LogP contribution in [0.5, 0.6) is 5.75 Å². The maximum Gasteiger partial charge on any atom is 0.169 e. The van der Waals surface area contributed by atoms with Gasteiger partial charge in [-0.15, -0.1) is 0 Å². The van der Waals surface area contributed by atoms with Crippen molar-refractivity contribution in [3.05, 3.63) is 27.7 Å². The van der Waals surface area contributed by atoms with Crippen molar-refractivity contribution >= 4 is 21.7 Å². The minimum Gasteiger partial charge on any atom is -0.506 e. The van der Waals surface area contributed by atoms with E-state index in [9.17, 15) is 9.90 Å². The number of ketones is 1. The molecule has 14 heavy (non-hydrogen) atoms. The van der Waals surface area contributed by atoms with E-state index in [0.29, 0.717) is 10.0 Å². The van der Waals surface area contributed by atoms with Gasteiger partial charge in [-0.2, -0.15) is 0 Å². The molecular formula is C11H13BrO2. The Balaban J connectivity index is 3.27. The standard InChI is InChI=1S/C11H13BrO2/c1-6(2)10(13)8-4-7(3)5-9(12)11(8)14/h4-6,14H,1-3H3. The SMILES string of the molecule is Cc1cc(Br)c(O)c(C(=O)C(C)C)c1. The lowest BCUT2D eigenvalue weighted by atomic mass is 9.99. The molecule has 0 aliphatic rings.